The number of hydrogen-bond acceptors (Lipinski definition) is 5. The predicted molar refractivity (Wildman–Crippen MR) is 156 cm³/mol. The second-order valence-electron chi connectivity index (χ2n) is 11.1. The molecular formula is C33H41N3O4. The van der Waals surface area contributed by atoms with E-state index in [4.69, 9.17) is 10.8 Å². The Morgan fingerprint density at radius 1 is 0.825 bits per heavy atom. The van der Waals surface area contributed by atoms with E-state index in [2.05, 4.69) is 31.3 Å². The number of nitrogens with two attached hydrogens (primary N) is 1. The van der Waals surface area contributed by atoms with Gasteiger partial charge in [-0.25, -0.2) is 0 Å². The summed E-state index contributed by atoms with van der Waals surface area (Å²) in [6, 6.07) is 22.5. The number of aliphatic hydroxyl groups is 2. The van der Waals surface area contributed by atoms with Crippen LogP contribution in [-0.2, 0) is 48.7 Å². The van der Waals surface area contributed by atoms with Crippen molar-refractivity contribution in [3.8, 4) is 0 Å². The van der Waals surface area contributed by atoms with Gasteiger partial charge >= 0.3 is 0 Å². The number of fused-ring (bicyclic) bond motifs is 1. The zero-order valence-corrected chi connectivity index (χ0v) is 23.4. The first kappa shape index (κ1) is 29.5. The van der Waals surface area contributed by atoms with Crippen LogP contribution in [-0.4, -0.2) is 39.0 Å². The average Bonchev–Trinajstić information content (AvgIpc) is 3.41. The second-order valence-corrected chi connectivity index (χ2v) is 11.1. The number of hydrogen-bond donors (Lipinski definition) is 4. The van der Waals surface area contributed by atoms with Gasteiger partial charge in [-0.15, -0.1) is 0 Å². The highest BCUT2D eigenvalue weighted by Gasteiger charge is 2.45. The topological polar surface area (TPSA) is 116 Å². The van der Waals surface area contributed by atoms with Crippen LogP contribution in [0.1, 0.15) is 53.6 Å². The van der Waals surface area contributed by atoms with Gasteiger partial charge in [-0.05, 0) is 64.5 Å². The molecule has 0 radical (unpaired) electrons. The van der Waals surface area contributed by atoms with Crippen molar-refractivity contribution in [2.45, 2.75) is 71.5 Å². The van der Waals surface area contributed by atoms with Crippen molar-refractivity contribution in [3.63, 3.8) is 0 Å². The van der Waals surface area contributed by atoms with Crippen molar-refractivity contribution in [1.82, 2.24) is 10.2 Å². The summed E-state index contributed by atoms with van der Waals surface area (Å²) in [5.41, 5.74) is 11.6. The predicted octanol–water partition coefficient (Wildman–Crippen LogP) is 3.47. The van der Waals surface area contributed by atoms with Gasteiger partial charge in [-0.1, -0.05) is 86.6 Å². The third-order valence-electron chi connectivity index (χ3n) is 7.91. The highest BCUT2D eigenvalue weighted by Crippen LogP contribution is 2.32. The number of amides is 2. The Kier molecular flexibility index (Phi) is 10.1. The second kappa shape index (κ2) is 13.7. The number of nitrogens with zero attached hydrogens (tertiary/aromatic N) is 1. The molecule has 0 saturated carbocycles. The summed E-state index contributed by atoms with van der Waals surface area (Å²) < 4.78 is 0. The fourth-order valence-corrected chi connectivity index (χ4v) is 5.76. The number of carbonyl (C=O) groups excluding carboxylic acids is 2. The zero-order valence-electron chi connectivity index (χ0n) is 23.4. The van der Waals surface area contributed by atoms with Crippen LogP contribution in [0.2, 0.25) is 0 Å². The van der Waals surface area contributed by atoms with E-state index >= 15 is 0 Å². The molecule has 40 heavy (non-hydrogen) atoms. The first-order valence-corrected chi connectivity index (χ1v) is 14.1. The molecule has 1 fully saturated rings. The van der Waals surface area contributed by atoms with Crippen molar-refractivity contribution in [3.05, 3.63) is 106 Å². The summed E-state index contributed by atoms with van der Waals surface area (Å²) in [6.07, 6.45) is 2.24. The van der Waals surface area contributed by atoms with Crippen LogP contribution in [0.5, 0.6) is 0 Å². The number of nitrogens with one attached hydrogen (secondary N) is 1. The molecule has 0 aromatic heterocycles. The van der Waals surface area contributed by atoms with Gasteiger partial charge in [-0.2, -0.15) is 0 Å². The first-order valence-electron chi connectivity index (χ1n) is 14.1. The van der Waals surface area contributed by atoms with E-state index in [9.17, 15) is 14.7 Å². The highest BCUT2D eigenvalue weighted by atomic mass is 16.3. The van der Waals surface area contributed by atoms with Crippen molar-refractivity contribution >= 4 is 11.8 Å². The van der Waals surface area contributed by atoms with Gasteiger partial charge in [0.2, 0.25) is 11.8 Å². The summed E-state index contributed by atoms with van der Waals surface area (Å²) in [4.78, 5) is 28.5. The van der Waals surface area contributed by atoms with Gasteiger partial charge in [0, 0.05) is 13.1 Å². The number of rotatable bonds is 8. The Hall–Kier alpha value is -3.52. The van der Waals surface area contributed by atoms with Gasteiger partial charge < -0.3 is 26.2 Å². The fraction of sp³-hybridized carbons (Fsp3) is 0.394. The summed E-state index contributed by atoms with van der Waals surface area (Å²) in [5.74, 6) is 0.294. The third kappa shape index (κ3) is 6.78. The molecule has 212 valence electrons. The molecule has 7 nitrogen and oxygen atoms in total. The van der Waals surface area contributed by atoms with E-state index in [1.165, 1.54) is 11.1 Å². The molecule has 2 aliphatic rings. The van der Waals surface area contributed by atoms with Crippen molar-refractivity contribution < 1.29 is 19.8 Å². The van der Waals surface area contributed by atoms with Crippen LogP contribution in [0.15, 0.2) is 72.8 Å². The molecule has 1 aliphatic carbocycles. The van der Waals surface area contributed by atoms with E-state index in [-0.39, 0.29) is 36.9 Å². The summed E-state index contributed by atoms with van der Waals surface area (Å²) >= 11 is 0. The third-order valence-corrected chi connectivity index (χ3v) is 7.91. The van der Waals surface area contributed by atoms with Gasteiger partial charge in [0.1, 0.15) is 12.1 Å². The lowest BCUT2D eigenvalue weighted by molar-refractivity contribution is -0.152. The molecular weight excluding hydrogens is 502 g/mol. The van der Waals surface area contributed by atoms with E-state index < -0.39 is 12.1 Å². The van der Waals surface area contributed by atoms with Crippen molar-refractivity contribution in [1.29, 1.82) is 0 Å². The number of carbonyl (C=O) groups is 2. The Balaban J connectivity index is 0.000000312. The lowest BCUT2D eigenvalue weighted by Gasteiger charge is -2.41. The van der Waals surface area contributed by atoms with E-state index in [0.717, 1.165) is 35.1 Å². The molecule has 2 atom stereocenters. The lowest BCUT2D eigenvalue weighted by Crippen LogP contribution is -2.65. The Morgan fingerprint density at radius 2 is 1.32 bits per heavy atom. The fourth-order valence-electron chi connectivity index (χ4n) is 5.76. The van der Waals surface area contributed by atoms with Crippen LogP contribution < -0.4 is 11.1 Å². The minimum Gasteiger partial charge on any atom is -0.392 e. The summed E-state index contributed by atoms with van der Waals surface area (Å²) in [7, 11) is 0. The molecule has 3 aromatic carbocycles. The lowest BCUT2D eigenvalue weighted by atomic mass is 9.89. The summed E-state index contributed by atoms with van der Waals surface area (Å²) in [5, 5.41) is 21.6. The quantitative estimate of drug-likeness (QED) is 0.347. The summed E-state index contributed by atoms with van der Waals surface area (Å²) in [6.45, 7) is 4.97. The van der Waals surface area contributed by atoms with Crippen LogP contribution in [0.25, 0.3) is 0 Å². The molecule has 0 unspecified atom stereocenters. The maximum atomic E-state index is 13.7. The first-order chi connectivity index (χ1) is 19.4. The van der Waals surface area contributed by atoms with Crippen LogP contribution >= 0.6 is 0 Å². The zero-order chi connectivity index (χ0) is 28.6. The molecule has 1 aliphatic heterocycles. The molecule has 2 amide bonds. The standard InChI is InChI=1S/C25H30N2O3.C8H11NO/c1-16(2)11-22-24(29)26-23(21-12-17-7-3-4-8-18(17)13-21)25(30)27(22)14-19-9-5-6-10-20(19)15-28;9-5-7-3-1-2-4-8(7)6-10/h3-10,16,21-23,28H,11-15H2,1-2H3,(H,26,29);1-4,10H,5-6,9H2/t22-,23-;/m1./s1. The van der Waals surface area contributed by atoms with E-state index in [0.29, 0.717) is 19.5 Å². The Morgan fingerprint density at radius 3 is 1.82 bits per heavy atom. The molecule has 1 heterocycles. The highest BCUT2D eigenvalue weighted by molar-refractivity contribution is 5.97. The van der Waals surface area contributed by atoms with E-state index in [1.54, 1.807) is 4.90 Å². The Labute approximate surface area is 237 Å². The van der Waals surface area contributed by atoms with Crippen LogP contribution in [0.3, 0.4) is 0 Å². The number of piperazine rings is 1. The van der Waals surface area contributed by atoms with Gasteiger partial charge in [0.05, 0.1) is 13.2 Å². The van der Waals surface area contributed by atoms with Gasteiger partial charge in [-0.3, -0.25) is 9.59 Å². The molecule has 0 spiro atoms. The molecule has 5 rings (SSSR count). The van der Waals surface area contributed by atoms with Crippen LogP contribution in [0.4, 0.5) is 0 Å². The van der Waals surface area contributed by atoms with Gasteiger partial charge in [0.25, 0.3) is 0 Å². The maximum Gasteiger partial charge on any atom is 0.246 e. The van der Waals surface area contributed by atoms with Crippen molar-refractivity contribution in [2.75, 3.05) is 0 Å². The molecule has 3 aromatic rings. The molecule has 7 heteroatoms. The average molecular weight is 544 g/mol. The number of aliphatic hydroxyl groups excluding tert-OH is 2. The molecule has 5 N–H and O–H groups in total. The Bertz CT molecular complexity index is 1260. The smallest absolute Gasteiger partial charge is 0.246 e. The minimum absolute atomic E-state index is 0.00852. The van der Waals surface area contributed by atoms with Gasteiger partial charge in [0.15, 0.2) is 0 Å². The van der Waals surface area contributed by atoms with E-state index in [1.807, 2.05) is 60.7 Å². The normalized spacial score (nSPS) is 18.8. The molecule has 0 bridgehead atoms. The minimum atomic E-state index is -0.505. The number of benzene rings is 3. The molecule has 1 saturated heterocycles. The van der Waals surface area contributed by atoms with Crippen LogP contribution in [0, 0.1) is 11.8 Å². The maximum absolute atomic E-state index is 13.7. The van der Waals surface area contributed by atoms with Crippen molar-refractivity contribution in [2.24, 2.45) is 17.6 Å². The SMILES string of the molecule is CC(C)C[C@@H]1C(=O)N[C@H](C2Cc3ccccc3C2)C(=O)N1Cc1ccccc1CO.NCc1ccccc1CO. The monoisotopic (exact) mass is 543 g/mol. The largest absolute Gasteiger partial charge is 0.392 e.